The molecule has 0 amide bonds. The summed E-state index contributed by atoms with van der Waals surface area (Å²) in [6.07, 6.45) is 8.35. The zero-order valence-electron chi connectivity index (χ0n) is 38.7. The van der Waals surface area contributed by atoms with Crippen LogP contribution in [-0.4, -0.2) is 27.6 Å². The van der Waals surface area contributed by atoms with Crippen molar-refractivity contribution in [2.24, 2.45) is 5.92 Å². The van der Waals surface area contributed by atoms with Crippen molar-refractivity contribution in [1.29, 1.82) is 0 Å². The van der Waals surface area contributed by atoms with Crippen LogP contribution in [0.5, 0.6) is 0 Å². The van der Waals surface area contributed by atoms with Crippen LogP contribution >= 0.6 is 0 Å². The quantitative estimate of drug-likeness (QED) is 0.101. The second-order valence-electron chi connectivity index (χ2n) is 18.8. The van der Waals surface area contributed by atoms with Crippen molar-refractivity contribution in [3.63, 3.8) is 0 Å². The number of aryl methyl sites for hydroxylation is 1. The molecule has 0 bridgehead atoms. The number of hydrogen-bond acceptors (Lipinski definition) is 4. The van der Waals surface area contributed by atoms with Crippen LogP contribution in [0.3, 0.4) is 0 Å². The van der Waals surface area contributed by atoms with E-state index in [4.69, 9.17) is 9.40 Å². The van der Waals surface area contributed by atoms with Crippen molar-refractivity contribution in [3.8, 4) is 50.6 Å². The van der Waals surface area contributed by atoms with Gasteiger partial charge >= 0.3 is 0 Å². The first-order valence-corrected chi connectivity index (χ1v) is 25.8. The summed E-state index contributed by atoms with van der Waals surface area (Å²) in [4.78, 5) is 14.3. The molecule has 5 aromatic carbocycles. The zero-order chi connectivity index (χ0) is 44.4. The Morgan fingerprint density at radius 1 is 0.688 bits per heavy atom. The van der Waals surface area contributed by atoms with E-state index in [0.29, 0.717) is 5.92 Å². The van der Waals surface area contributed by atoms with Crippen LogP contribution in [0.1, 0.15) is 75.8 Å². The summed E-state index contributed by atoms with van der Waals surface area (Å²) in [5.41, 5.74) is 16.7. The van der Waals surface area contributed by atoms with Gasteiger partial charge in [0.2, 0.25) is 0 Å². The van der Waals surface area contributed by atoms with E-state index in [1.807, 2.05) is 43.5 Å². The summed E-state index contributed by atoms with van der Waals surface area (Å²) in [7, 11) is -1.34. The summed E-state index contributed by atoms with van der Waals surface area (Å²) < 4.78 is 8.39. The van der Waals surface area contributed by atoms with Gasteiger partial charge in [-0.1, -0.05) is 144 Å². The Bertz CT molecular complexity index is 2990. The van der Waals surface area contributed by atoms with Gasteiger partial charge < -0.3 is 14.0 Å². The average molecular weight is 1040 g/mol. The molecule has 64 heavy (non-hydrogen) atoms. The molecule has 0 aliphatic carbocycles. The van der Waals surface area contributed by atoms with Gasteiger partial charge in [-0.3, -0.25) is 9.97 Å². The predicted molar refractivity (Wildman–Crippen MR) is 267 cm³/mol. The average Bonchev–Trinajstić information content (AvgIpc) is 3.87. The predicted octanol–water partition coefficient (Wildman–Crippen LogP) is 14.8. The van der Waals surface area contributed by atoms with Gasteiger partial charge in [0.15, 0.2) is 0 Å². The Kier molecular flexibility index (Phi) is 14.1. The normalized spacial score (nSPS) is 11.6. The maximum absolute atomic E-state index is 6.05. The number of pyridine rings is 2. The maximum atomic E-state index is 6.05. The van der Waals surface area contributed by atoms with Gasteiger partial charge in [-0.2, -0.15) is 0 Å². The third-order valence-corrected chi connectivity index (χ3v) is 13.7. The fraction of sp³-hybridized carbons (Fsp3) is 0.246. The molecular weight excluding hydrogens is 977 g/mol. The van der Waals surface area contributed by atoms with Crippen LogP contribution in [0.2, 0.25) is 19.6 Å². The molecule has 0 atom stereocenters. The summed E-state index contributed by atoms with van der Waals surface area (Å²) in [6.45, 7) is 22.9. The Labute approximate surface area is 394 Å². The molecule has 7 heteroatoms. The van der Waals surface area contributed by atoms with E-state index in [1.54, 1.807) is 0 Å². The van der Waals surface area contributed by atoms with Gasteiger partial charge in [-0.25, -0.2) is 0 Å². The van der Waals surface area contributed by atoms with E-state index in [-0.39, 0.29) is 31.9 Å². The van der Waals surface area contributed by atoms with Crippen LogP contribution in [0, 0.1) is 25.2 Å². The molecule has 0 saturated heterocycles. The number of rotatable bonds is 10. The molecule has 0 aliphatic rings. The number of imidazole rings is 1. The fourth-order valence-electron chi connectivity index (χ4n) is 8.56. The minimum absolute atomic E-state index is 0. The summed E-state index contributed by atoms with van der Waals surface area (Å²) in [5, 5.41) is 2.48. The van der Waals surface area contributed by atoms with Crippen molar-refractivity contribution in [2.45, 2.75) is 86.4 Å². The minimum Gasteiger partial charge on any atom is -0.557 e. The second-order valence-corrected chi connectivity index (χ2v) is 23.8. The monoisotopic (exact) mass is 1040 g/mol. The molecule has 0 aliphatic heterocycles. The van der Waals surface area contributed by atoms with Crippen LogP contribution in [0.4, 0.5) is 0 Å². The molecule has 0 N–H and O–H groups in total. The number of fused-ring (bicyclic) bond motifs is 2. The number of benzene rings is 5. The minimum atomic E-state index is -1.34. The topological polar surface area (TPSA) is 56.7 Å². The van der Waals surface area contributed by atoms with Gasteiger partial charge in [-0.15, -0.1) is 35.9 Å². The Hall–Kier alpha value is -5.72. The first-order chi connectivity index (χ1) is 30.3. The largest absolute Gasteiger partial charge is 0.557 e. The van der Waals surface area contributed by atoms with E-state index < -0.39 is 8.07 Å². The van der Waals surface area contributed by atoms with Crippen molar-refractivity contribution in [1.82, 2.24) is 19.5 Å². The van der Waals surface area contributed by atoms with Gasteiger partial charge in [-0.05, 0) is 112 Å². The first-order valence-electron chi connectivity index (χ1n) is 22.3. The van der Waals surface area contributed by atoms with E-state index in [9.17, 15) is 0 Å². The number of nitrogens with zero attached hydrogens (tertiary/aromatic N) is 4. The van der Waals surface area contributed by atoms with E-state index in [0.717, 1.165) is 67.9 Å². The molecule has 0 spiro atoms. The number of hydrogen-bond donors (Lipinski definition) is 0. The number of aromatic nitrogens is 4. The smallest absolute Gasteiger partial charge is 0.0798 e. The van der Waals surface area contributed by atoms with Crippen LogP contribution in [0.25, 0.3) is 72.6 Å². The molecule has 0 saturated carbocycles. The van der Waals surface area contributed by atoms with Crippen LogP contribution in [0.15, 0.2) is 144 Å². The molecule has 327 valence electrons. The number of furan rings is 1. The van der Waals surface area contributed by atoms with E-state index >= 15 is 0 Å². The Balaban J connectivity index is 0.000000246. The third-order valence-electron chi connectivity index (χ3n) is 11.7. The molecule has 4 heterocycles. The molecule has 5 nitrogen and oxygen atoms in total. The molecule has 0 fully saturated rings. The summed E-state index contributed by atoms with van der Waals surface area (Å²) in [6, 6.07) is 47.9. The Morgan fingerprint density at radius 2 is 1.38 bits per heavy atom. The SMILES string of the molecule is CC(C)Cc1cc(-c2[c-]cccc2)ncc1[Si](C)(C)C.Cc1cc(-c2ccc3o[c-]c(-c4nc5ccccc5n4-c4c(C(C)C)cc(-c5ccccc5)cc4C(C)C)c3c2)ccn1.[Ir]. The van der Waals surface area contributed by atoms with E-state index in [1.165, 1.54) is 38.7 Å². The maximum Gasteiger partial charge on any atom is 0.0798 e. The molecule has 1 radical (unpaired) electrons. The summed E-state index contributed by atoms with van der Waals surface area (Å²) in [5.74, 6) is 2.08. The molecule has 9 rings (SSSR count). The Morgan fingerprint density at radius 3 is 2.03 bits per heavy atom. The zero-order valence-corrected chi connectivity index (χ0v) is 42.1. The molecular formula is C57H58IrN4OSi-2. The van der Waals surface area contributed by atoms with Gasteiger partial charge in [0.25, 0.3) is 0 Å². The van der Waals surface area contributed by atoms with Crippen molar-refractivity contribution < 1.29 is 24.5 Å². The van der Waals surface area contributed by atoms with Gasteiger partial charge in [0.1, 0.15) is 0 Å². The first kappa shape index (κ1) is 46.3. The van der Waals surface area contributed by atoms with Crippen LogP contribution < -0.4 is 5.19 Å². The summed E-state index contributed by atoms with van der Waals surface area (Å²) >= 11 is 0. The van der Waals surface area contributed by atoms with Crippen molar-refractivity contribution in [3.05, 3.63) is 175 Å². The molecule has 0 unspecified atom stereocenters. The van der Waals surface area contributed by atoms with Crippen LogP contribution in [-0.2, 0) is 26.5 Å². The fourth-order valence-corrected chi connectivity index (χ4v) is 10.2. The van der Waals surface area contributed by atoms with Gasteiger partial charge in [0, 0.05) is 55.7 Å². The van der Waals surface area contributed by atoms with Crippen molar-refractivity contribution >= 4 is 35.3 Å². The molecule has 4 aromatic heterocycles. The number of para-hydroxylation sites is 2. The van der Waals surface area contributed by atoms with E-state index in [2.05, 4.69) is 191 Å². The van der Waals surface area contributed by atoms with Crippen molar-refractivity contribution in [2.75, 3.05) is 0 Å². The standard InChI is InChI=1S/C39H34N3O.C18H24NSi.Ir/c1-24(2)31-21-30(27-11-7-6-8-12-27)22-32(25(3)4)38(31)42-36-14-10-9-13-35(36)41-39(42)34-23-43-37-16-15-28(20-33(34)37)29-17-18-40-26(5)19-29;1-14(2)11-16-12-17(15-9-7-6-8-10-15)19-13-18(16)20(3,4)5;/h6-22,24-25H,1-5H3;6-9,12-14H,11H2,1-5H3;/q2*-1;. The van der Waals surface area contributed by atoms with Gasteiger partial charge in [0.05, 0.1) is 24.9 Å². The second kappa shape index (κ2) is 19.6. The third kappa shape index (κ3) is 9.83. The molecule has 9 aromatic rings.